The van der Waals surface area contributed by atoms with Crippen LogP contribution in [0.3, 0.4) is 0 Å². The van der Waals surface area contributed by atoms with Crippen LogP contribution in [0.4, 0.5) is 5.69 Å². The molecule has 3 aromatic rings. The fraction of sp³-hybridized carbons (Fsp3) is 0.158. The van der Waals surface area contributed by atoms with Crippen LogP contribution in [0, 0.1) is 20.8 Å². The maximum Gasteiger partial charge on any atom is 0.264 e. The monoisotopic (exact) mass is 403 g/mol. The third kappa shape index (κ3) is 4.04. The Kier molecular flexibility index (Phi) is 5.08. The highest BCUT2D eigenvalue weighted by atomic mass is 35.5. The van der Waals surface area contributed by atoms with Crippen LogP contribution in [0.15, 0.2) is 52.2 Å². The lowest BCUT2D eigenvalue weighted by atomic mass is 10.0. The largest absolute Gasteiger partial charge is 0.279 e. The van der Waals surface area contributed by atoms with Gasteiger partial charge in [-0.3, -0.25) is 9.52 Å². The van der Waals surface area contributed by atoms with Crippen molar-refractivity contribution in [1.82, 2.24) is 10.2 Å². The number of anilines is 1. The molecule has 0 amide bonds. The first kappa shape index (κ1) is 19.1. The molecule has 0 aliphatic rings. The second-order valence-corrected chi connectivity index (χ2v) is 8.37. The molecule has 2 aromatic carbocycles. The van der Waals surface area contributed by atoms with Crippen LogP contribution in [0.2, 0.25) is 5.02 Å². The Labute approximate surface area is 162 Å². The van der Waals surface area contributed by atoms with E-state index in [0.29, 0.717) is 27.5 Å². The van der Waals surface area contributed by atoms with E-state index in [9.17, 15) is 13.2 Å². The average molecular weight is 404 g/mol. The maximum atomic E-state index is 13.0. The number of aromatic nitrogens is 2. The van der Waals surface area contributed by atoms with Crippen LogP contribution in [0.1, 0.15) is 16.7 Å². The van der Waals surface area contributed by atoms with Gasteiger partial charge in [-0.05, 0) is 67.8 Å². The van der Waals surface area contributed by atoms with Crippen molar-refractivity contribution in [2.75, 3.05) is 4.72 Å². The van der Waals surface area contributed by atoms with E-state index in [-0.39, 0.29) is 10.5 Å². The van der Waals surface area contributed by atoms with E-state index in [2.05, 4.69) is 14.9 Å². The van der Waals surface area contributed by atoms with Gasteiger partial charge < -0.3 is 0 Å². The van der Waals surface area contributed by atoms with E-state index in [0.717, 1.165) is 11.1 Å². The average Bonchev–Trinajstić information content (AvgIpc) is 2.60. The number of nitrogens with zero attached hydrogens (tertiary/aromatic N) is 1. The van der Waals surface area contributed by atoms with Gasteiger partial charge in [-0.1, -0.05) is 17.7 Å². The minimum atomic E-state index is -3.85. The van der Waals surface area contributed by atoms with Crippen molar-refractivity contribution in [1.29, 1.82) is 0 Å². The number of halogens is 1. The van der Waals surface area contributed by atoms with Crippen LogP contribution < -0.4 is 10.3 Å². The summed E-state index contributed by atoms with van der Waals surface area (Å²) in [4.78, 5) is 11.4. The van der Waals surface area contributed by atoms with Gasteiger partial charge in [0.25, 0.3) is 15.6 Å². The Hall–Kier alpha value is -2.64. The number of benzene rings is 2. The topological polar surface area (TPSA) is 91.9 Å². The van der Waals surface area contributed by atoms with E-state index in [1.54, 1.807) is 44.2 Å². The lowest BCUT2D eigenvalue weighted by molar-refractivity contribution is 0.600. The molecule has 3 rings (SSSR count). The van der Waals surface area contributed by atoms with Gasteiger partial charge in [0.15, 0.2) is 0 Å². The number of aromatic amines is 1. The minimum Gasteiger partial charge on any atom is -0.279 e. The summed E-state index contributed by atoms with van der Waals surface area (Å²) in [5.74, 6) is 0. The first-order valence-corrected chi connectivity index (χ1v) is 10.00. The molecule has 140 valence electrons. The van der Waals surface area contributed by atoms with Crippen molar-refractivity contribution in [3.8, 4) is 11.3 Å². The zero-order valence-corrected chi connectivity index (χ0v) is 16.6. The van der Waals surface area contributed by atoms with E-state index >= 15 is 0 Å². The van der Waals surface area contributed by atoms with Crippen molar-refractivity contribution in [2.45, 2.75) is 25.7 Å². The molecule has 0 spiro atoms. The first-order valence-electron chi connectivity index (χ1n) is 8.14. The molecule has 0 aliphatic heterocycles. The molecule has 27 heavy (non-hydrogen) atoms. The van der Waals surface area contributed by atoms with E-state index in [1.165, 1.54) is 6.07 Å². The fourth-order valence-electron chi connectivity index (χ4n) is 2.66. The standard InChI is InChI=1S/C19H18ClN3O3S/c1-11-4-5-15(20)10-17(11)23-27(25,26)18-9-14(8-12(2)13(18)3)16-6-7-19(24)22-21-16/h4-10,23H,1-3H3,(H,22,24). The van der Waals surface area contributed by atoms with Gasteiger partial charge in [0.05, 0.1) is 16.3 Å². The minimum absolute atomic E-state index is 0.143. The van der Waals surface area contributed by atoms with E-state index in [4.69, 9.17) is 11.6 Å². The third-order valence-electron chi connectivity index (χ3n) is 4.33. The molecule has 0 bridgehead atoms. The summed E-state index contributed by atoms with van der Waals surface area (Å²) in [6.45, 7) is 5.37. The Balaban J connectivity index is 2.10. The summed E-state index contributed by atoms with van der Waals surface area (Å²) in [7, 11) is -3.85. The molecular formula is C19H18ClN3O3S. The molecule has 8 heteroatoms. The van der Waals surface area contributed by atoms with Gasteiger partial charge in [-0.15, -0.1) is 0 Å². The van der Waals surface area contributed by atoms with E-state index in [1.807, 2.05) is 13.0 Å². The molecule has 0 saturated heterocycles. The third-order valence-corrected chi connectivity index (χ3v) is 6.05. The Morgan fingerprint density at radius 3 is 2.41 bits per heavy atom. The summed E-state index contributed by atoms with van der Waals surface area (Å²) in [5, 5.41) is 6.78. The van der Waals surface area contributed by atoms with Crippen molar-refractivity contribution < 1.29 is 8.42 Å². The predicted octanol–water partition coefficient (Wildman–Crippen LogP) is 3.82. The number of nitrogens with one attached hydrogen (secondary N) is 2. The zero-order valence-electron chi connectivity index (χ0n) is 15.0. The van der Waals surface area contributed by atoms with Crippen LogP contribution in [-0.4, -0.2) is 18.6 Å². The second-order valence-electron chi connectivity index (χ2n) is 6.29. The van der Waals surface area contributed by atoms with Crippen LogP contribution in [-0.2, 0) is 10.0 Å². The summed E-state index contributed by atoms with van der Waals surface area (Å²) in [6, 6.07) is 11.3. The summed E-state index contributed by atoms with van der Waals surface area (Å²) < 4.78 is 28.7. The quantitative estimate of drug-likeness (QED) is 0.692. The van der Waals surface area contributed by atoms with Crippen molar-refractivity contribution in [2.24, 2.45) is 0 Å². The number of aryl methyl sites for hydroxylation is 2. The van der Waals surface area contributed by atoms with Crippen LogP contribution >= 0.6 is 11.6 Å². The first-order chi connectivity index (χ1) is 12.7. The van der Waals surface area contributed by atoms with Gasteiger partial charge in [0, 0.05) is 16.7 Å². The van der Waals surface area contributed by atoms with Crippen LogP contribution in [0.25, 0.3) is 11.3 Å². The number of hydrogen-bond donors (Lipinski definition) is 2. The van der Waals surface area contributed by atoms with Gasteiger partial charge >= 0.3 is 0 Å². The Morgan fingerprint density at radius 2 is 1.74 bits per heavy atom. The Morgan fingerprint density at radius 1 is 1.00 bits per heavy atom. The smallest absolute Gasteiger partial charge is 0.264 e. The molecule has 0 radical (unpaired) electrons. The van der Waals surface area contributed by atoms with Gasteiger partial charge in [-0.2, -0.15) is 5.10 Å². The predicted molar refractivity (Wildman–Crippen MR) is 107 cm³/mol. The number of H-pyrrole nitrogens is 1. The molecule has 1 heterocycles. The summed E-state index contributed by atoms with van der Waals surface area (Å²) in [5.41, 5.74) is 3.36. The van der Waals surface area contributed by atoms with Crippen molar-refractivity contribution in [3.63, 3.8) is 0 Å². The lowest BCUT2D eigenvalue weighted by Crippen LogP contribution is -2.16. The van der Waals surface area contributed by atoms with Crippen LogP contribution in [0.5, 0.6) is 0 Å². The van der Waals surface area contributed by atoms with Crippen molar-refractivity contribution >= 4 is 27.3 Å². The SMILES string of the molecule is Cc1ccc(Cl)cc1NS(=O)(=O)c1cc(-c2ccc(=O)[nH]n2)cc(C)c1C. The Bertz CT molecular complexity index is 1170. The van der Waals surface area contributed by atoms with Crippen molar-refractivity contribution in [3.05, 3.63) is 74.5 Å². The summed E-state index contributed by atoms with van der Waals surface area (Å²) >= 11 is 5.99. The number of sulfonamides is 1. The molecule has 1 aromatic heterocycles. The molecule has 0 unspecified atom stereocenters. The highest BCUT2D eigenvalue weighted by Gasteiger charge is 2.21. The fourth-order valence-corrected chi connectivity index (χ4v) is 4.30. The molecular weight excluding hydrogens is 386 g/mol. The molecule has 2 N–H and O–H groups in total. The molecule has 6 nitrogen and oxygen atoms in total. The van der Waals surface area contributed by atoms with Gasteiger partial charge in [0.2, 0.25) is 0 Å². The highest BCUT2D eigenvalue weighted by Crippen LogP contribution is 2.29. The molecule has 0 atom stereocenters. The van der Waals surface area contributed by atoms with Gasteiger partial charge in [0.1, 0.15) is 0 Å². The molecule has 0 aliphatic carbocycles. The molecule has 0 fully saturated rings. The number of rotatable bonds is 4. The number of hydrogen-bond acceptors (Lipinski definition) is 4. The summed E-state index contributed by atoms with van der Waals surface area (Å²) in [6.07, 6.45) is 0. The normalized spacial score (nSPS) is 11.4. The second kappa shape index (κ2) is 7.17. The van der Waals surface area contributed by atoms with E-state index < -0.39 is 10.0 Å². The van der Waals surface area contributed by atoms with Gasteiger partial charge in [-0.25, -0.2) is 13.5 Å². The highest BCUT2D eigenvalue weighted by molar-refractivity contribution is 7.92. The maximum absolute atomic E-state index is 13.0. The molecule has 0 saturated carbocycles. The lowest BCUT2D eigenvalue weighted by Gasteiger charge is -2.15. The zero-order chi connectivity index (χ0) is 19.8.